The van der Waals surface area contributed by atoms with Gasteiger partial charge in [-0.1, -0.05) is 0 Å². The lowest BCUT2D eigenvalue weighted by Gasteiger charge is -2.04. The molecule has 1 aromatic heterocycles. The van der Waals surface area contributed by atoms with E-state index in [-0.39, 0.29) is 11.3 Å². The molecule has 5 heteroatoms. The van der Waals surface area contributed by atoms with Gasteiger partial charge >= 0.3 is 5.97 Å². The second-order valence-electron chi connectivity index (χ2n) is 1.99. The molecule has 0 aromatic carbocycles. The molecule has 0 bridgehead atoms. The van der Waals surface area contributed by atoms with Crippen molar-refractivity contribution >= 4 is 21.9 Å². The van der Waals surface area contributed by atoms with Gasteiger partial charge < -0.3 is 9.84 Å². The number of aromatic nitrogens is 1. The molecule has 0 aliphatic heterocycles. The topological polar surface area (TPSA) is 59.4 Å². The summed E-state index contributed by atoms with van der Waals surface area (Å²) in [5.41, 5.74) is 0.0966. The molecule has 0 spiro atoms. The van der Waals surface area contributed by atoms with E-state index in [0.29, 0.717) is 4.60 Å². The van der Waals surface area contributed by atoms with Crippen LogP contribution in [0.15, 0.2) is 16.9 Å². The summed E-state index contributed by atoms with van der Waals surface area (Å²) in [6.07, 6.45) is 1.40. The van der Waals surface area contributed by atoms with Crippen LogP contribution in [-0.4, -0.2) is 23.2 Å². The molecule has 0 radical (unpaired) electrons. The zero-order chi connectivity index (χ0) is 9.14. The van der Waals surface area contributed by atoms with Gasteiger partial charge in [-0.3, -0.25) is 0 Å². The Bertz CT molecular complexity index is 314. The van der Waals surface area contributed by atoms with Crippen molar-refractivity contribution in [2.45, 2.75) is 0 Å². The molecule has 1 aromatic rings. The summed E-state index contributed by atoms with van der Waals surface area (Å²) in [6, 6.07) is 1.38. The highest BCUT2D eigenvalue weighted by Gasteiger charge is 2.13. The first-order chi connectivity index (χ1) is 5.66. The summed E-state index contributed by atoms with van der Waals surface area (Å²) >= 11 is 3.08. The number of carbonyl (C=O) groups is 1. The van der Waals surface area contributed by atoms with Crippen LogP contribution in [0.1, 0.15) is 10.4 Å². The highest BCUT2D eigenvalue weighted by atomic mass is 79.9. The summed E-state index contributed by atoms with van der Waals surface area (Å²) in [6.45, 7) is 0. The molecule has 0 saturated heterocycles. The Kier molecular flexibility index (Phi) is 2.65. The lowest BCUT2D eigenvalue weighted by molar-refractivity contribution is 0.0693. The number of nitrogens with zero attached hydrogens (tertiary/aromatic N) is 1. The van der Waals surface area contributed by atoms with Gasteiger partial charge in [-0.2, -0.15) is 0 Å². The number of carboxylic acids is 1. The Balaban J connectivity index is 3.27. The Morgan fingerprint density at radius 3 is 2.83 bits per heavy atom. The van der Waals surface area contributed by atoms with E-state index in [1.807, 2.05) is 0 Å². The van der Waals surface area contributed by atoms with Crippen molar-refractivity contribution < 1.29 is 14.6 Å². The fourth-order valence-corrected chi connectivity index (χ4v) is 1.28. The van der Waals surface area contributed by atoms with Crippen molar-refractivity contribution in [3.8, 4) is 5.75 Å². The molecule has 0 atom stereocenters. The van der Waals surface area contributed by atoms with Gasteiger partial charge in [0.25, 0.3) is 0 Å². The maximum Gasteiger partial charge on any atom is 0.339 e. The number of halogens is 1. The van der Waals surface area contributed by atoms with Crippen LogP contribution in [0.3, 0.4) is 0 Å². The fraction of sp³-hybridized carbons (Fsp3) is 0.143. The monoisotopic (exact) mass is 231 g/mol. The minimum Gasteiger partial charge on any atom is -0.493 e. The Morgan fingerprint density at radius 2 is 2.42 bits per heavy atom. The molecule has 1 rings (SSSR count). The summed E-state index contributed by atoms with van der Waals surface area (Å²) in [4.78, 5) is 14.4. The lowest BCUT2D eigenvalue weighted by Crippen LogP contribution is -2.01. The van der Waals surface area contributed by atoms with E-state index in [0.717, 1.165) is 0 Å². The van der Waals surface area contributed by atoms with Crippen molar-refractivity contribution in [3.63, 3.8) is 0 Å². The molecule has 1 N–H and O–H groups in total. The number of aromatic carboxylic acids is 1. The summed E-state index contributed by atoms with van der Waals surface area (Å²) in [5, 5.41) is 8.69. The smallest absolute Gasteiger partial charge is 0.339 e. The number of hydrogen-bond donors (Lipinski definition) is 1. The molecule has 0 unspecified atom stereocenters. The van der Waals surface area contributed by atoms with Crippen LogP contribution in [-0.2, 0) is 0 Å². The van der Waals surface area contributed by atoms with Crippen LogP contribution in [0.25, 0.3) is 0 Å². The summed E-state index contributed by atoms with van der Waals surface area (Å²) in [7, 11) is 1.40. The van der Waals surface area contributed by atoms with Gasteiger partial charge in [0.2, 0.25) is 0 Å². The average Bonchev–Trinajstić information content (AvgIpc) is 2.03. The number of pyridine rings is 1. The minimum absolute atomic E-state index is 0.0966. The number of carboxylic acid groups (broad SMARTS) is 1. The zero-order valence-corrected chi connectivity index (χ0v) is 7.83. The third-order valence-corrected chi connectivity index (χ3v) is 1.86. The molecule has 12 heavy (non-hydrogen) atoms. The largest absolute Gasteiger partial charge is 0.493 e. The lowest BCUT2D eigenvalue weighted by atomic mass is 10.2. The first-order valence-electron chi connectivity index (χ1n) is 3.08. The standard InChI is InChI=1S/C7H6BrNO3/c1-12-5-4(7(10)11)2-3-9-6(5)8/h2-3H,1H3,(H,10,11). The van der Waals surface area contributed by atoms with E-state index >= 15 is 0 Å². The van der Waals surface area contributed by atoms with Gasteiger partial charge in [-0.05, 0) is 22.0 Å². The van der Waals surface area contributed by atoms with E-state index in [9.17, 15) is 4.79 Å². The van der Waals surface area contributed by atoms with Crippen molar-refractivity contribution in [1.82, 2.24) is 4.98 Å². The third kappa shape index (κ3) is 1.55. The molecule has 0 aliphatic carbocycles. The SMILES string of the molecule is COc1c(C(=O)O)ccnc1Br. The van der Waals surface area contributed by atoms with Gasteiger partial charge in [0, 0.05) is 6.20 Å². The van der Waals surface area contributed by atoms with Crippen LogP contribution in [0.2, 0.25) is 0 Å². The van der Waals surface area contributed by atoms with Crippen LogP contribution in [0.4, 0.5) is 0 Å². The molecule has 4 nitrogen and oxygen atoms in total. The predicted molar refractivity (Wildman–Crippen MR) is 45.4 cm³/mol. The van der Waals surface area contributed by atoms with Crippen molar-refractivity contribution in [2.24, 2.45) is 0 Å². The predicted octanol–water partition coefficient (Wildman–Crippen LogP) is 1.55. The van der Waals surface area contributed by atoms with E-state index in [1.165, 1.54) is 19.4 Å². The summed E-state index contributed by atoms with van der Waals surface area (Å²) in [5.74, 6) is -0.792. The molecular weight excluding hydrogens is 226 g/mol. The van der Waals surface area contributed by atoms with Gasteiger partial charge in [-0.25, -0.2) is 9.78 Å². The van der Waals surface area contributed by atoms with Gasteiger partial charge in [0.1, 0.15) is 10.2 Å². The van der Waals surface area contributed by atoms with Gasteiger partial charge in [-0.15, -0.1) is 0 Å². The normalized spacial score (nSPS) is 9.50. The zero-order valence-electron chi connectivity index (χ0n) is 6.24. The van der Waals surface area contributed by atoms with Gasteiger partial charge in [0.15, 0.2) is 5.75 Å². The van der Waals surface area contributed by atoms with Crippen molar-refractivity contribution in [2.75, 3.05) is 7.11 Å². The first-order valence-corrected chi connectivity index (χ1v) is 3.88. The average molecular weight is 232 g/mol. The highest BCUT2D eigenvalue weighted by Crippen LogP contribution is 2.25. The van der Waals surface area contributed by atoms with Crippen molar-refractivity contribution in [1.29, 1.82) is 0 Å². The van der Waals surface area contributed by atoms with E-state index < -0.39 is 5.97 Å². The molecule has 1 heterocycles. The Labute approximate surface area is 77.3 Å². The molecule has 64 valence electrons. The number of methoxy groups -OCH3 is 1. The van der Waals surface area contributed by atoms with Gasteiger partial charge in [0.05, 0.1) is 7.11 Å². The molecule has 0 aliphatic rings. The van der Waals surface area contributed by atoms with E-state index in [1.54, 1.807) is 0 Å². The number of hydrogen-bond acceptors (Lipinski definition) is 3. The maximum atomic E-state index is 10.6. The van der Waals surface area contributed by atoms with E-state index in [2.05, 4.69) is 20.9 Å². The van der Waals surface area contributed by atoms with Crippen LogP contribution in [0, 0.1) is 0 Å². The molecule has 0 amide bonds. The number of rotatable bonds is 2. The second kappa shape index (κ2) is 3.53. The van der Waals surface area contributed by atoms with Crippen molar-refractivity contribution in [3.05, 3.63) is 22.4 Å². The Hall–Kier alpha value is -1.10. The van der Waals surface area contributed by atoms with Crippen LogP contribution < -0.4 is 4.74 Å². The fourth-order valence-electron chi connectivity index (χ4n) is 0.785. The minimum atomic E-state index is -1.03. The Morgan fingerprint density at radius 1 is 1.75 bits per heavy atom. The first kappa shape index (κ1) is 8.99. The highest BCUT2D eigenvalue weighted by molar-refractivity contribution is 9.10. The molecular formula is C7H6BrNO3. The number of ether oxygens (including phenoxy) is 1. The maximum absolute atomic E-state index is 10.6. The quantitative estimate of drug-likeness (QED) is 0.786. The van der Waals surface area contributed by atoms with E-state index in [4.69, 9.17) is 9.84 Å². The second-order valence-corrected chi connectivity index (χ2v) is 2.74. The third-order valence-electron chi connectivity index (χ3n) is 1.30. The molecule has 0 fully saturated rings. The summed E-state index contributed by atoms with van der Waals surface area (Å²) < 4.78 is 5.24. The van der Waals surface area contributed by atoms with Crippen LogP contribution >= 0.6 is 15.9 Å². The molecule has 0 saturated carbocycles. The van der Waals surface area contributed by atoms with Crippen LogP contribution in [0.5, 0.6) is 5.75 Å².